The Labute approximate surface area is 152 Å². The first-order valence-electron chi connectivity index (χ1n) is 7.64. The van der Waals surface area contributed by atoms with Gasteiger partial charge in [0.1, 0.15) is 5.75 Å². The molecule has 24 heavy (non-hydrogen) atoms. The lowest BCUT2D eigenvalue weighted by atomic mass is 10.2. The van der Waals surface area contributed by atoms with Gasteiger partial charge in [-0.1, -0.05) is 34.2 Å². The van der Waals surface area contributed by atoms with Gasteiger partial charge >= 0.3 is 0 Å². The zero-order valence-electron chi connectivity index (χ0n) is 13.5. The lowest BCUT2D eigenvalue weighted by Gasteiger charge is -2.03. The Balaban J connectivity index is 2.11. The van der Waals surface area contributed by atoms with Crippen LogP contribution in [0.25, 0.3) is 10.2 Å². The zero-order valence-corrected chi connectivity index (χ0v) is 15.9. The molecule has 0 unspecified atom stereocenters. The first-order valence-corrected chi connectivity index (χ1v) is 9.25. The molecule has 0 fully saturated rings. The summed E-state index contributed by atoms with van der Waals surface area (Å²) < 4.78 is 9.38. The van der Waals surface area contributed by atoms with E-state index in [1.54, 1.807) is 19.2 Å². The van der Waals surface area contributed by atoms with Crippen molar-refractivity contribution < 1.29 is 9.53 Å². The molecule has 0 atom stereocenters. The highest BCUT2D eigenvalue weighted by Crippen LogP contribution is 2.23. The first-order chi connectivity index (χ1) is 11.6. The van der Waals surface area contributed by atoms with E-state index >= 15 is 0 Å². The van der Waals surface area contributed by atoms with Crippen LogP contribution in [0.3, 0.4) is 0 Å². The molecule has 1 heterocycles. The molecule has 0 aliphatic rings. The van der Waals surface area contributed by atoms with Gasteiger partial charge in [-0.15, -0.1) is 0 Å². The third kappa shape index (κ3) is 3.44. The Morgan fingerprint density at radius 3 is 2.67 bits per heavy atom. The fourth-order valence-electron chi connectivity index (χ4n) is 2.45. The maximum absolute atomic E-state index is 12.5. The first kappa shape index (κ1) is 16.9. The van der Waals surface area contributed by atoms with Crippen LogP contribution in [0.2, 0.25) is 0 Å². The van der Waals surface area contributed by atoms with Crippen molar-refractivity contribution in [2.24, 2.45) is 4.99 Å². The quantitative estimate of drug-likeness (QED) is 0.636. The Kier molecular flexibility index (Phi) is 5.16. The molecule has 124 valence electrons. The molecule has 0 N–H and O–H groups in total. The van der Waals surface area contributed by atoms with Crippen LogP contribution >= 0.6 is 27.3 Å². The summed E-state index contributed by atoms with van der Waals surface area (Å²) in [6, 6.07) is 13.2. The third-order valence-corrected chi connectivity index (χ3v) is 5.20. The number of halogens is 1. The number of thiazole rings is 1. The van der Waals surface area contributed by atoms with Crippen LogP contribution in [-0.4, -0.2) is 17.6 Å². The molecule has 0 aliphatic carbocycles. The lowest BCUT2D eigenvalue weighted by Crippen LogP contribution is -2.16. The van der Waals surface area contributed by atoms with Crippen molar-refractivity contribution in [3.8, 4) is 5.75 Å². The van der Waals surface area contributed by atoms with E-state index in [4.69, 9.17) is 4.74 Å². The number of nitrogens with zero attached hydrogens (tertiary/aromatic N) is 2. The number of rotatable bonds is 4. The maximum atomic E-state index is 12.5. The Morgan fingerprint density at radius 2 is 2.00 bits per heavy atom. The Hall–Kier alpha value is -1.92. The Bertz CT molecular complexity index is 942. The fraction of sp³-hybridized carbons (Fsp3) is 0.222. The summed E-state index contributed by atoms with van der Waals surface area (Å²) in [5.74, 6) is 0.573. The van der Waals surface area contributed by atoms with Gasteiger partial charge in [-0.3, -0.25) is 4.79 Å². The number of fused-ring (bicyclic) bond motifs is 1. The summed E-state index contributed by atoms with van der Waals surface area (Å²) in [5, 5.41) is 0. The summed E-state index contributed by atoms with van der Waals surface area (Å²) in [6.07, 6.45) is 0.970. The number of aromatic nitrogens is 1. The molecule has 1 amide bonds. The smallest absolute Gasteiger partial charge is 0.279 e. The predicted molar refractivity (Wildman–Crippen MR) is 101 cm³/mol. The van der Waals surface area contributed by atoms with E-state index < -0.39 is 0 Å². The number of benzene rings is 2. The van der Waals surface area contributed by atoms with E-state index in [1.165, 1.54) is 11.3 Å². The van der Waals surface area contributed by atoms with Crippen molar-refractivity contribution in [2.45, 2.75) is 19.9 Å². The molecule has 0 spiro atoms. The predicted octanol–water partition coefficient (Wildman–Crippen LogP) is 4.63. The lowest BCUT2D eigenvalue weighted by molar-refractivity contribution is 0.0998. The second kappa shape index (κ2) is 7.32. The number of ether oxygens (including phenoxy) is 1. The number of methoxy groups -OCH3 is 1. The van der Waals surface area contributed by atoms with E-state index in [-0.39, 0.29) is 5.91 Å². The zero-order chi connectivity index (χ0) is 17.1. The molecular formula is C18H17BrN2O2S. The number of carbonyl (C=O) groups excluding carboxylic acids is 1. The summed E-state index contributed by atoms with van der Waals surface area (Å²) >= 11 is 4.88. The number of hydrogen-bond donors (Lipinski definition) is 0. The van der Waals surface area contributed by atoms with Crippen molar-refractivity contribution in [1.82, 2.24) is 4.57 Å². The molecule has 0 radical (unpaired) electrons. The van der Waals surface area contributed by atoms with E-state index in [1.807, 2.05) is 30.3 Å². The molecule has 0 saturated carbocycles. The van der Waals surface area contributed by atoms with E-state index in [0.29, 0.717) is 10.4 Å². The van der Waals surface area contributed by atoms with Gasteiger partial charge in [0.05, 0.1) is 17.3 Å². The molecule has 6 heteroatoms. The summed E-state index contributed by atoms with van der Waals surface area (Å²) in [5.41, 5.74) is 1.65. The van der Waals surface area contributed by atoms with Gasteiger partial charge in [-0.2, -0.15) is 4.99 Å². The summed E-state index contributed by atoms with van der Waals surface area (Å²) in [4.78, 5) is 17.5. The summed E-state index contributed by atoms with van der Waals surface area (Å²) in [7, 11) is 1.65. The molecule has 3 rings (SSSR count). The standard InChI is InChI=1S/C18H17BrN2O2S/c1-3-10-21-15-9-8-14(23-2)11-16(15)24-18(21)20-17(22)12-4-6-13(19)7-5-12/h4-9,11H,3,10H2,1-2H3. The normalized spacial score (nSPS) is 11.9. The van der Waals surface area contributed by atoms with Crippen molar-refractivity contribution in [2.75, 3.05) is 7.11 Å². The maximum Gasteiger partial charge on any atom is 0.279 e. The van der Waals surface area contributed by atoms with Gasteiger partial charge in [0.2, 0.25) is 0 Å². The molecule has 0 saturated heterocycles. The van der Waals surface area contributed by atoms with Crippen molar-refractivity contribution >= 4 is 43.4 Å². The van der Waals surface area contributed by atoms with Crippen molar-refractivity contribution in [3.05, 3.63) is 57.3 Å². The molecule has 4 nitrogen and oxygen atoms in total. The van der Waals surface area contributed by atoms with E-state index in [9.17, 15) is 4.79 Å². The monoisotopic (exact) mass is 404 g/mol. The number of aryl methyl sites for hydroxylation is 1. The van der Waals surface area contributed by atoms with E-state index in [2.05, 4.69) is 32.4 Å². The number of hydrogen-bond acceptors (Lipinski definition) is 3. The second-order valence-electron chi connectivity index (χ2n) is 5.29. The molecule has 1 aromatic heterocycles. The topological polar surface area (TPSA) is 43.6 Å². The van der Waals surface area contributed by atoms with Crippen LogP contribution in [-0.2, 0) is 6.54 Å². The highest BCUT2D eigenvalue weighted by atomic mass is 79.9. The minimum atomic E-state index is -0.231. The molecule has 0 bridgehead atoms. The van der Waals surface area contributed by atoms with Crippen LogP contribution in [0.5, 0.6) is 5.75 Å². The van der Waals surface area contributed by atoms with Crippen molar-refractivity contribution in [3.63, 3.8) is 0 Å². The SMILES string of the molecule is CCCn1c(=NC(=O)c2ccc(Br)cc2)sc2cc(OC)ccc21. The molecule has 3 aromatic rings. The Morgan fingerprint density at radius 1 is 1.25 bits per heavy atom. The summed E-state index contributed by atoms with van der Waals surface area (Å²) in [6.45, 7) is 2.93. The second-order valence-corrected chi connectivity index (χ2v) is 7.22. The highest BCUT2D eigenvalue weighted by molar-refractivity contribution is 9.10. The minimum absolute atomic E-state index is 0.231. The van der Waals surface area contributed by atoms with Gasteiger partial charge in [-0.05, 0) is 48.9 Å². The van der Waals surface area contributed by atoms with Gasteiger partial charge in [0.25, 0.3) is 5.91 Å². The highest BCUT2D eigenvalue weighted by Gasteiger charge is 2.09. The van der Waals surface area contributed by atoms with Gasteiger partial charge < -0.3 is 9.30 Å². The average molecular weight is 405 g/mol. The van der Waals surface area contributed by atoms with Crippen LogP contribution in [0, 0.1) is 0 Å². The number of carbonyl (C=O) groups is 1. The fourth-order valence-corrected chi connectivity index (χ4v) is 3.80. The van der Waals surface area contributed by atoms with Gasteiger partial charge in [0, 0.05) is 16.6 Å². The van der Waals surface area contributed by atoms with Crippen molar-refractivity contribution in [1.29, 1.82) is 0 Å². The number of amides is 1. The van der Waals surface area contributed by atoms with Crippen LogP contribution in [0.1, 0.15) is 23.7 Å². The van der Waals surface area contributed by atoms with Gasteiger partial charge in [0.15, 0.2) is 4.80 Å². The average Bonchev–Trinajstić information content (AvgIpc) is 2.92. The largest absolute Gasteiger partial charge is 0.497 e. The van der Waals surface area contributed by atoms with Crippen LogP contribution in [0.15, 0.2) is 51.9 Å². The molecule has 0 aliphatic heterocycles. The third-order valence-electron chi connectivity index (χ3n) is 3.63. The minimum Gasteiger partial charge on any atom is -0.497 e. The molecule has 2 aromatic carbocycles. The van der Waals surface area contributed by atoms with E-state index in [0.717, 1.165) is 33.4 Å². The molecular weight excluding hydrogens is 388 g/mol. The van der Waals surface area contributed by atoms with Gasteiger partial charge in [-0.25, -0.2) is 0 Å². The van der Waals surface area contributed by atoms with Crippen LogP contribution in [0.4, 0.5) is 0 Å². The van der Waals surface area contributed by atoms with Crippen LogP contribution < -0.4 is 9.54 Å².